The Morgan fingerprint density at radius 1 is 0.971 bits per heavy atom. The highest BCUT2D eigenvalue weighted by Gasteiger charge is 2.23. The van der Waals surface area contributed by atoms with Crippen molar-refractivity contribution in [3.63, 3.8) is 0 Å². The number of carbonyl (C=O) groups is 1. The molecule has 0 saturated heterocycles. The summed E-state index contributed by atoms with van der Waals surface area (Å²) < 4.78 is 10.7. The van der Waals surface area contributed by atoms with Crippen LogP contribution in [0.4, 0.5) is 0 Å². The van der Waals surface area contributed by atoms with E-state index in [-0.39, 0.29) is 18.7 Å². The molecule has 0 aromatic heterocycles. The lowest BCUT2D eigenvalue weighted by Gasteiger charge is -2.26. The molecule has 0 heterocycles. The van der Waals surface area contributed by atoms with Crippen molar-refractivity contribution in [1.82, 2.24) is 0 Å². The first-order valence-corrected chi connectivity index (χ1v) is 12.3. The highest BCUT2D eigenvalue weighted by molar-refractivity contribution is 5.81. The van der Waals surface area contributed by atoms with Gasteiger partial charge in [0.25, 0.3) is 0 Å². The summed E-state index contributed by atoms with van der Waals surface area (Å²) in [5.74, 6) is 0.938. The molecule has 0 fully saturated rings. The first-order chi connectivity index (χ1) is 17.1. The molecule has 1 aliphatic rings. The molecule has 4 rings (SSSR count). The van der Waals surface area contributed by atoms with Gasteiger partial charge in [0.15, 0.2) is 12.7 Å². The van der Waals surface area contributed by atoms with E-state index in [1.54, 1.807) is 6.92 Å². The van der Waals surface area contributed by atoms with Gasteiger partial charge in [0.1, 0.15) is 5.75 Å². The molecule has 5 heteroatoms. The minimum Gasteiger partial charge on any atom is -0.482 e. The van der Waals surface area contributed by atoms with Gasteiger partial charge >= 0.3 is 5.97 Å². The summed E-state index contributed by atoms with van der Waals surface area (Å²) in [5.41, 5.74) is 5.63. The summed E-state index contributed by atoms with van der Waals surface area (Å²) in [6.45, 7) is 4.14. The Morgan fingerprint density at radius 2 is 1.66 bits per heavy atom. The van der Waals surface area contributed by atoms with Gasteiger partial charge in [0.2, 0.25) is 0 Å². The largest absolute Gasteiger partial charge is 0.482 e. The monoisotopic (exact) mass is 471 g/mol. The van der Waals surface area contributed by atoms with Crippen molar-refractivity contribution in [3.8, 4) is 5.75 Å². The molecule has 0 bridgehead atoms. The minimum absolute atomic E-state index is 0.0547. The lowest BCUT2D eigenvalue weighted by Crippen LogP contribution is -2.19. The molecule has 0 radical (unpaired) electrons. The van der Waals surface area contributed by atoms with E-state index in [0.29, 0.717) is 12.5 Å². The zero-order chi connectivity index (χ0) is 24.5. The van der Waals surface area contributed by atoms with Crippen LogP contribution in [0.5, 0.6) is 5.75 Å². The number of ether oxygens (including phenoxy) is 2. The summed E-state index contributed by atoms with van der Waals surface area (Å²) in [6.07, 6.45) is 3.56. The lowest BCUT2D eigenvalue weighted by atomic mass is 9.81. The third-order valence-corrected chi connectivity index (χ3v) is 6.29. The summed E-state index contributed by atoms with van der Waals surface area (Å²) in [6, 6.07) is 26.5. The van der Waals surface area contributed by atoms with Gasteiger partial charge in [-0.1, -0.05) is 78.0 Å². The Kier molecular flexibility index (Phi) is 8.55. The second kappa shape index (κ2) is 12.2. The summed E-state index contributed by atoms with van der Waals surface area (Å²) in [4.78, 5) is 17.8. The topological polar surface area (TPSA) is 57.1 Å². The molecule has 3 aromatic rings. The Balaban J connectivity index is 1.39. The molecule has 0 N–H and O–H groups in total. The van der Waals surface area contributed by atoms with Gasteiger partial charge in [-0.2, -0.15) is 0 Å². The highest BCUT2D eigenvalue weighted by atomic mass is 16.6. The smallest absolute Gasteiger partial charge is 0.344 e. The van der Waals surface area contributed by atoms with E-state index in [1.165, 1.54) is 11.1 Å². The van der Waals surface area contributed by atoms with Crippen LogP contribution in [0.1, 0.15) is 55.0 Å². The number of rotatable bonds is 10. The number of hydrogen-bond donors (Lipinski definition) is 0. The van der Waals surface area contributed by atoms with Crippen LogP contribution in [0.15, 0.2) is 84.0 Å². The first-order valence-electron chi connectivity index (χ1n) is 12.3. The van der Waals surface area contributed by atoms with Gasteiger partial charge in [0, 0.05) is 0 Å². The highest BCUT2D eigenvalue weighted by Crippen LogP contribution is 2.34. The number of esters is 1. The van der Waals surface area contributed by atoms with Gasteiger partial charge < -0.3 is 14.3 Å². The van der Waals surface area contributed by atoms with Crippen LogP contribution in [0, 0.1) is 5.92 Å². The molecular formula is C30H33NO4. The molecular weight excluding hydrogens is 438 g/mol. The van der Waals surface area contributed by atoms with E-state index in [0.717, 1.165) is 48.3 Å². The molecule has 1 unspecified atom stereocenters. The Morgan fingerprint density at radius 3 is 2.31 bits per heavy atom. The average molecular weight is 472 g/mol. The predicted molar refractivity (Wildman–Crippen MR) is 138 cm³/mol. The van der Waals surface area contributed by atoms with E-state index in [1.807, 2.05) is 55.5 Å². The maximum Gasteiger partial charge on any atom is 0.344 e. The van der Waals surface area contributed by atoms with E-state index in [2.05, 4.69) is 35.5 Å². The number of nitrogens with zero attached hydrogens (tertiary/aromatic N) is 1. The normalized spacial score (nSPS) is 15.4. The SMILES string of the molecule is CCOC(=O)COc1cccc2c1CCC(C/C(C)=N\OC(c1ccccc1)c1ccccc1)C2. The van der Waals surface area contributed by atoms with Crippen molar-refractivity contribution < 1.29 is 19.1 Å². The van der Waals surface area contributed by atoms with E-state index < -0.39 is 0 Å². The molecule has 0 amide bonds. The van der Waals surface area contributed by atoms with Crippen LogP contribution in [-0.2, 0) is 27.2 Å². The van der Waals surface area contributed by atoms with Gasteiger partial charge in [-0.25, -0.2) is 4.79 Å². The maximum atomic E-state index is 11.7. The van der Waals surface area contributed by atoms with Crippen LogP contribution in [0.25, 0.3) is 0 Å². The molecule has 0 saturated carbocycles. The number of benzene rings is 3. The van der Waals surface area contributed by atoms with Crippen LogP contribution >= 0.6 is 0 Å². The van der Waals surface area contributed by atoms with Crippen molar-refractivity contribution in [3.05, 3.63) is 101 Å². The van der Waals surface area contributed by atoms with Crippen molar-refractivity contribution in [2.75, 3.05) is 13.2 Å². The second-order valence-corrected chi connectivity index (χ2v) is 8.93. The molecule has 0 spiro atoms. The quantitative estimate of drug-likeness (QED) is 0.198. The second-order valence-electron chi connectivity index (χ2n) is 8.93. The summed E-state index contributed by atoms with van der Waals surface area (Å²) >= 11 is 0. The zero-order valence-corrected chi connectivity index (χ0v) is 20.5. The van der Waals surface area contributed by atoms with Crippen molar-refractivity contribution in [2.24, 2.45) is 11.1 Å². The van der Waals surface area contributed by atoms with Gasteiger partial charge in [-0.3, -0.25) is 0 Å². The zero-order valence-electron chi connectivity index (χ0n) is 20.5. The fourth-order valence-corrected chi connectivity index (χ4v) is 4.66. The molecule has 3 aromatic carbocycles. The minimum atomic E-state index is -0.338. The number of fused-ring (bicyclic) bond motifs is 1. The van der Waals surface area contributed by atoms with E-state index in [4.69, 9.17) is 14.3 Å². The lowest BCUT2D eigenvalue weighted by molar-refractivity contribution is -0.145. The summed E-state index contributed by atoms with van der Waals surface area (Å²) in [5, 5.41) is 4.55. The summed E-state index contributed by atoms with van der Waals surface area (Å²) in [7, 11) is 0. The Hall–Kier alpha value is -3.60. The fourth-order valence-electron chi connectivity index (χ4n) is 4.66. The standard InChI is InChI=1S/C30H33NO4/c1-3-33-29(32)21-34-28-16-10-15-26-20-23(17-18-27(26)28)19-22(2)31-35-30(24-11-6-4-7-12-24)25-13-8-5-9-14-25/h4-16,23,30H,3,17-21H2,1-2H3/b31-22-. The molecule has 1 aliphatic carbocycles. The average Bonchev–Trinajstić information content (AvgIpc) is 2.89. The Bertz CT molecular complexity index is 1090. The van der Waals surface area contributed by atoms with Crippen molar-refractivity contribution in [1.29, 1.82) is 0 Å². The van der Waals surface area contributed by atoms with Crippen LogP contribution < -0.4 is 4.74 Å². The molecule has 1 atom stereocenters. The van der Waals surface area contributed by atoms with Crippen LogP contribution in [0.3, 0.4) is 0 Å². The molecule has 5 nitrogen and oxygen atoms in total. The van der Waals surface area contributed by atoms with Gasteiger partial charge in [-0.05, 0) is 73.8 Å². The molecule has 0 aliphatic heterocycles. The van der Waals surface area contributed by atoms with E-state index in [9.17, 15) is 4.79 Å². The molecule has 182 valence electrons. The maximum absolute atomic E-state index is 11.7. The van der Waals surface area contributed by atoms with Gasteiger partial charge in [0.05, 0.1) is 12.3 Å². The Labute approximate surface area is 207 Å². The third-order valence-electron chi connectivity index (χ3n) is 6.29. The first kappa shape index (κ1) is 24.5. The third kappa shape index (κ3) is 6.72. The van der Waals surface area contributed by atoms with Crippen LogP contribution in [0.2, 0.25) is 0 Å². The number of carbonyl (C=O) groups excluding carboxylic acids is 1. The van der Waals surface area contributed by atoms with E-state index >= 15 is 0 Å². The number of oxime groups is 1. The molecule has 35 heavy (non-hydrogen) atoms. The number of hydrogen-bond acceptors (Lipinski definition) is 5. The van der Waals surface area contributed by atoms with Crippen molar-refractivity contribution in [2.45, 2.75) is 45.6 Å². The van der Waals surface area contributed by atoms with Crippen molar-refractivity contribution >= 4 is 11.7 Å². The van der Waals surface area contributed by atoms with Gasteiger partial charge in [-0.15, -0.1) is 0 Å². The predicted octanol–water partition coefficient (Wildman–Crippen LogP) is 6.31. The van der Waals surface area contributed by atoms with Crippen LogP contribution in [-0.4, -0.2) is 24.9 Å². The fraction of sp³-hybridized carbons (Fsp3) is 0.333.